The fraction of sp³-hybridized carbons (Fsp3) is 0.562. The smallest absolute Gasteiger partial charge is 0.338 e. The van der Waals surface area contributed by atoms with Gasteiger partial charge in [-0.2, -0.15) is 0 Å². The van der Waals surface area contributed by atoms with Gasteiger partial charge in [-0.05, 0) is 24.6 Å². The molecule has 0 aliphatic carbocycles. The van der Waals surface area contributed by atoms with Gasteiger partial charge in [0.1, 0.15) is 12.4 Å². The second-order valence-electron chi connectivity index (χ2n) is 5.19. The Kier molecular flexibility index (Phi) is 6.48. The zero-order chi connectivity index (χ0) is 15.8. The topological polar surface area (TPSA) is 74.0 Å². The van der Waals surface area contributed by atoms with Crippen LogP contribution in [-0.4, -0.2) is 56.9 Å². The molecular weight excluding hydrogens is 284 g/mol. The van der Waals surface area contributed by atoms with Crippen LogP contribution in [0.25, 0.3) is 0 Å². The van der Waals surface area contributed by atoms with Crippen LogP contribution in [0.4, 0.5) is 5.69 Å². The third-order valence-corrected chi connectivity index (χ3v) is 3.45. The van der Waals surface area contributed by atoms with E-state index in [1.807, 2.05) is 6.92 Å². The first-order chi connectivity index (χ1) is 10.7. The maximum atomic E-state index is 11.8. The molecule has 6 heteroatoms. The number of benzene rings is 1. The molecule has 0 saturated carbocycles. The van der Waals surface area contributed by atoms with E-state index in [4.69, 9.17) is 19.9 Å². The highest BCUT2D eigenvalue weighted by atomic mass is 16.5. The normalized spacial score (nSPS) is 15.5. The largest absolute Gasteiger partial charge is 0.490 e. The molecule has 0 bridgehead atoms. The first-order valence-corrected chi connectivity index (χ1v) is 7.70. The SMILES string of the molecule is CCCOC(=O)c1ccc(OCCN2CCOCC2)c(N)c1. The number of morpholine rings is 1. The average molecular weight is 308 g/mol. The van der Waals surface area contributed by atoms with Gasteiger partial charge in [0.2, 0.25) is 0 Å². The Bertz CT molecular complexity index is 487. The van der Waals surface area contributed by atoms with Crippen LogP contribution in [0.1, 0.15) is 23.7 Å². The number of nitrogen functional groups attached to an aromatic ring is 1. The quantitative estimate of drug-likeness (QED) is 0.608. The van der Waals surface area contributed by atoms with Gasteiger partial charge in [0.25, 0.3) is 0 Å². The third kappa shape index (κ3) is 4.89. The molecule has 1 fully saturated rings. The number of esters is 1. The fourth-order valence-corrected chi connectivity index (χ4v) is 2.19. The molecule has 0 atom stereocenters. The van der Waals surface area contributed by atoms with Gasteiger partial charge in [0.05, 0.1) is 31.1 Å². The highest BCUT2D eigenvalue weighted by Gasteiger charge is 2.12. The summed E-state index contributed by atoms with van der Waals surface area (Å²) in [5.74, 6) is 0.244. The Morgan fingerprint density at radius 3 is 2.77 bits per heavy atom. The number of ether oxygens (including phenoxy) is 3. The van der Waals surface area contributed by atoms with Gasteiger partial charge in [-0.1, -0.05) is 6.92 Å². The van der Waals surface area contributed by atoms with E-state index in [9.17, 15) is 4.79 Å². The molecular formula is C16H24N2O4. The molecule has 122 valence electrons. The number of hydrogen-bond donors (Lipinski definition) is 1. The molecule has 1 aromatic carbocycles. The van der Waals surface area contributed by atoms with Crippen LogP contribution in [0.5, 0.6) is 5.75 Å². The second kappa shape index (κ2) is 8.60. The van der Waals surface area contributed by atoms with Gasteiger partial charge in [0.15, 0.2) is 0 Å². The van der Waals surface area contributed by atoms with E-state index in [0.29, 0.717) is 30.2 Å². The zero-order valence-corrected chi connectivity index (χ0v) is 13.0. The van der Waals surface area contributed by atoms with E-state index >= 15 is 0 Å². The van der Waals surface area contributed by atoms with Gasteiger partial charge in [-0.25, -0.2) is 4.79 Å². The first kappa shape index (κ1) is 16.6. The molecule has 1 aromatic rings. The summed E-state index contributed by atoms with van der Waals surface area (Å²) in [7, 11) is 0. The van der Waals surface area contributed by atoms with E-state index in [1.54, 1.807) is 18.2 Å². The van der Waals surface area contributed by atoms with E-state index < -0.39 is 0 Å². The number of carbonyl (C=O) groups excluding carboxylic acids is 1. The summed E-state index contributed by atoms with van der Waals surface area (Å²) in [6, 6.07) is 5.00. The number of nitrogens with two attached hydrogens (primary N) is 1. The van der Waals surface area contributed by atoms with Gasteiger partial charge in [-0.15, -0.1) is 0 Å². The molecule has 1 saturated heterocycles. The summed E-state index contributed by atoms with van der Waals surface area (Å²) in [6.45, 7) is 7.17. The molecule has 0 unspecified atom stereocenters. The Balaban J connectivity index is 1.82. The molecule has 1 aliphatic heterocycles. The zero-order valence-electron chi connectivity index (χ0n) is 13.0. The Morgan fingerprint density at radius 2 is 2.09 bits per heavy atom. The predicted molar refractivity (Wildman–Crippen MR) is 84.2 cm³/mol. The van der Waals surface area contributed by atoms with Crippen LogP contribution in [-0.2, 0) is 9.47 Å². The number of carbonyl (C=O) groups is 1. The van der Waals surface area contributed by atoms with Crippen molar-refractivity contribution in [2.24, 2.45) is 0 Å². The summed E-state index contributed by atoms with van der Waals surface area (Å²) in [5, 5.41) is 0. The van der Waals surface area contributed by atoms with Crippen LogP contribution in [0.2, 0.25) is 0 Å². The lowest BCUT2D eigenvalue weighted by molar-refractivity contribution is 0.0323. The highest BCUT2D eigenvalue weighted by molar-refractivity contribution is 5.91. The molecule has 6 nitrogen and oxygen atoms in total. The summed E-state index contributed by atoms with van der Waals surface area (Å²) in [6.07, 6.45) is 0.796. The predicted octanol–water partition coefficient (Wildman–Crippen LogP) is 1.55. The molecule has 1 aliphatic rings. The maximum Gasteiger partial charge on any atom is 0.338 e. The van der Waals surface area contributed by atoms with Crippen molar-refractivity contribution in [3.05, 3.63) is 23.8 Å². The van der Waals surface area contributed by atoms with Crippen molar-refractivity contribution < 1.29 is 19.0 Å². The molecule has 22 heavy (non-hydrogen) atoms. The fourth-order valence-electron chi connectivity index (χ4n) is 2.19. The first-order valence-electron chi connectivity index (χ1n) is 7.70. The minimum Gasteiger partial charge on any atom is -0.490 e. The van der Waals surface area contributed by atoms with Crippen LogP contribution >= 0.6 is 0 Å². The second-order valence-corrected chi connectivity index (χ2v) is 5.19. The highest BCUT2D eigenvalue weighted by Crippen LogP contribution is 2.23. The van der Waals surface area contributed by atoms with Gasteiger partial charge < -0.3 is 19.9 Å². The minimum atomic E-state index is -0.353. The van der Waals surface area contributed by atoms with E-state index in [1.165, 1.54) is 0 Å². The Labute approximate surface area is 131 Å². The molecule has 1 heterocycles. The average Bonchev–Trinajstić information content (AvgIpc) is 2.55. The third-order valence-electron chi connectivity index (χ3n) is 3.45. The Morgan fingerprint density at radius 1 is 1.32 bits per heavy atom. The van der Waals surface area contributed by atoms with Crippen molar-refractivity contribution in [3.8, 4) is 5.75 Å². The molecule has 0 amide bonds. The van der Waals surface area contributed by atoms with Crippen LogP contribution in [0.3, 0.4) is 0 Å². The van der Waals surface area contributed by atoms with Crippen molar-refractivity contribution >= 4 is 11.7 Å². The van der Waals surface area contributed by atoms with Crippen LogP contribution in [0.15, 0.2) is 18.2 Å². The van der Waals surface area contributed by atoms with Crippen molar-refractivity contribution in [3.63, 3.8) is 0 Å². The van der Waals surface area contributed by atoms with Gasteiger partial charge in [0, 0.05) is 19.6 Å². The lowest BCUT2D eigenvalue weighted by Crippen LogP contribution is -2.38. The van der Waals surface area contributed by atoms with Crippen molar-refractivity contribution in [1.29, 1.82) is 0 Å². The summed E-state index contributed by atoms with van der Waals surface area (Å²) < 4.78 is 16.1. The van der Waals surface area contributed by atoms with Crippen LogP contribution < -0.4 is 10.5 Å². The lowest BCUT2D eigenvalue weighted by atomic mass is 10.2. The number of hydrogen-bond acceptors (Lipinski definition) is 6. The van der Waals surface area contributed by atoms with E-state index in [-0.39, 0.29) is 5.97 Å². The number of nitrogens with zero attached hydrogens (tertiary/aromatic N) is 1. The maximum absolute atomic E-state index is 11.8. The van der Waals surface area contributed by atoms with Gasteiger partial charge >= 0.3 is 5.97 Å². The molecule has 0 aromatic heterocycles. The standard InChI is InChI=1S/C16H24N2O4/c1-2-8-22-16(19)13-3-4-15(14(17)12-13)21-11-7-18-5-9-20-10-6-18/h3-4,12H,2,5-11,17H2,1H3. The monoisotopic (exact) mass is 308 g/mol. The number of rotatable bonds is 7. The van der Waals surface area contributed by atoms with E-state index in [0.717, 1.165) is 39.3 Å². The molecule has 2 N–H and O–H groups in total. The van der Waals surface area contributed by atoms with Crippen molar-refractivity contribution in [2.45, 2.75) is 13.3 Å². The van der Waals surface area contributed by atoms with Gasteiger partial charge in [-0.3, -0.25) is 4.90 Å². The summed E-state index contributed by atoms with van der Waals surface area (Å²) in [5.41, 5.74) is 6.84. The summed E-state index contributed by atoms with van der Waals surface area (Å²) >= 11 is 0. The Hall–Kier alpha value is -1.79. The number of anilines is 1. The lowest BCUT2D eigenvalue weighted by Gasteiger charge is -2.26. The van der Waals surface area contributed by atoms with E-state index in [2.05, 4.69) is 4.90 Å². The summed E-state index contributed by atoms with van der Waals surface area (Å²) in [4.78, 5) is 14.0. The van der Waals surface area contributed by atoms with Crippen molar-refractivity contribution in [2.75, 3.05) is 51.8 Å². The molecule has 0 radical (unpaired) electrons. The van der Waals surface area contributed by atoms with Crippen molar-refractivity contribution in [1.82, 2.24) is 4.90 Å². The molecule has 2 rings (SSSR count). The molecule has 0 spiro atoms. The minimum absolute atomic E-state index is 0.353. The van der Waals surface area contributed by atoms with Crippen LogP contribution in [0, 0.1) is 0 Å².